The molecule has 0 aromatic heterocycles. The molecule has 0 saturated heterocycles. The number of phenols is 2. The summed E-state index contributed by atoms with van der Waals surface area (Å²) in [4.78, 5) is 0. The standard InChI is InChI=1S/C22H26O6/c1-12(2)5-6-13-7-15(19(27-4)10-17(13)23)16-11-28-20-9-14(26-3)8-18(24)21(20)22(16)25/h5,7-10,16,22-25H,6,11H2,1-4H3/t16-,22+/m0/s1. The highest BCUT2D eigenvalue weighted by Gasteiger charge is 2.35. The molecular formula is C22H26O6. The second-order valence-electron chi connectivity index (χ2n) is 7.13. The summed E-state index contributed by atoms with van der Waals surface area (Å²) >= 11 is 0. The lowest BCUT2D eigenvalue weighted by Crippen LogP contribution is -2.25. The number of aliphatic hydroxyl groups excluding tert-OH is 1. The molecular weight excluding hydrogens is 360 g/mol. The third-order valence-corrected chi connectivity index (χ3v) is 4.99. The number of phenolic OH excluding ortho intramolecular Hbond substituents is 2. The zero-order valence-electron chi connectivity index (χ0n) is 16.5. The normalized spacial score (nSPS) is 18.0. The molecule has 2 aromatic carbocycles. The highest BCUT2D eigenvalue weighted by molar-refractivity contribution is 5.55. The third-order valence-electron chi connectivity index (χ3n) is 4.99. The van der Waals surface area contributed by atoms with E-state index in [-0.39, 0.29) is 18.1 Å². The topological polar surface area (TPSA) is 88.4 Å². The van der Waals surface area contributed by atoms with Crippen LogP contribution >= 0.6 is 0 Å². The predicted octanol–water partition coefficient (Wildman–Crippen LogP) is 3.83. The Labute approximate surface area is 164 Å². The van der Waals surface area contributed by atoms with Gasteiger partial charge in [0.25, 0.3) is 0 Å². The van der Waals surface area contributed by atoms with Gasteiger partial charge in [0.2, 0.25) is 0 Å². The van der Waals surface area contributed by atoms with Crippen LogP contribution in [0, 0.1) is 0 Å². The second kappa shape index (κ2) is 8.02. The summed E-state index contributed by atoms with van der Waals surface area (Å²) in [5, 5.41) is 31.7. The molecule has 3 rings (SSSR count). The van der Waals surface area contributed by atoms with Crippen molar-refractivity contribution in [1.82, 2.24) is 0 Å². The predicted molar refractivity (Wildman–Crippen MR) is 106 cm³/mol. The minimum Gasteiger partial charge on any atom is -0.508 e. The fraction of sp³-hybridized carbons (Fsp3) is 0.364. The zero-order chi connectivity index (χ0) is 20.4. The van der Waals surface area contributed by atoms with E-state index in [0.717, 1.165) is 11.1 Å². The lowest BCUT2D eigenvalue weighted by molar-refractivity contribution is 0.0846. The Balaban J connectivity index is 2.04. The van der Waals surface area contributed by atoms with Gasteiger partial charge in [-0.05, 0) is 31.9 Å². The molecule has 28 heavy (non-hydrogen) atoms. The van der Waals surface area contributed by atoms with E-state index < -0.39 is 12.0 Å². The lowest BCUT2D eigenvalue weighted by atomic mass is 9.85. The first-order chi connectivity index (χ1) is 13.3. The van der Waals surface area contributed by atoms with E-state index in [0.29, 0.717) is 34.8 Å². The van der Waals surface area contributed by atoms with Crippen molar-refractivity contribution < 1.29 is 29.5 Å². The molecule has 150 valence electrons. The Morgan fingerprint density at radius 1 is 1.11 bits per heavy atom. The highest BCUT2D eigenvalue weighted by Crippen LogP contribution is 2.48. The summed E-state index contributed by atoms with van der Waals surface area (Å²) in [5.41, 5.74) is 2.91. The summed E-state index contributed by atoms with van der Waals surface area (Å²) < 4.78 is 16.4. The zero-order valence-corrected chi connectivity index (χ0v) is 16.5. The van der Waals surface area contributed by atoms with Crippen molar-refractivity contribution in [2.75, 3.05) is 20.8 Å². The van der Waals surface area contributed by atoms with Crippen molar-refractivity contribution in [1.29, 1.82) is 0 Å². The van der Waals surface area contributed by atoms with E-state index in [1.165, 1.54) is 20.3 Å². The number of aliphatic hydroxyl groups is 1. The molecule has 3 N–H and O–H groups in total. The van der Waals surface area contributed by atoms with Gasteiger partial charge in [0.1, 0.15) is 28.7 Å². The van der Waals surface area contributed by atoms with E-state index in [2.05, 4.69) is 0 Å². The van der Waals surface area contributed by atoms with Crippen molar-refractivity contribution in [3.05, 3.63) is 52.6 Å². The van der Waals surface area contributed by atoms with Gasteiger partial charge in [-0.25, -0.2) is 0 Å². The Kier molecular flexibility index (Phi) is 5.70. The van der Waals surface area contributed by atoms with Gasteiger partial charge in [0, 0.05) is 23.8 Å². The van der Waals surface area contributed by atoms with Gasteiger partial charge in [-0.15, -0.1) is 0 Å². The molecule has 0 aliphatic carbocycles. The Morgan fingerprint density at radius 3 is 2.50 bits per heavy atom. The molecule has 0 unspecified atom stereocenters. The average Bonchev–Trinajstić information content (AvgIpc) is 2.66. The number of rotatable bonds is 5. The number of methoxy groups -OCH3 is 2. The summed E-state index contributed by atoms with van der Waals surface area (Å²) in [6, 6.07) is 6.47. The van der Waals surface area contributed by atoms with Gasteiger partial charge < -0.3 is 29.5 Å². The molecule has 0 amide bonds. The smallest absolute Gasteiger partial charge is 0.132 e. The third kappa shape index (κ3) is 3.73. The Morgan fingerprint density at radius 2 is 1.86 bits per heavy atom. The summed E-state index contributed by atoms with van der Waals surface area (Å²) in [6.45, 7) is 4.19. The molecule has 0 radical (unpaired) electrons. The highest BCUT2D eigenvalue weighted by atomic mass is 16.5. The molecule has 6 heteroatoms. The first-order valence-electron chi connectivity index (χ1n) is 9.10. The van der Waals surface area contributed by atoms with E-state index in [9.17, 15) is 15.3 Å². The molecule has 0 spiro atoms. The molecule has 0 bridgehead atoms. The SMILES string of the molecule is COc1cc(O)c2c(c1)OC[C@@H](c1cc(CC=C(C)C)c(O)cc1OC)[C@H]2O. The van der Waals surface area contributed by atoms with Crippen LogP contribution in [0.3, 0.4) is 0 Å². The number of ether oxygens (including phenoxy) is 3. The van der Waals surface area contributed by atoms with Crippen LogP contribution in [-0.2, 0) is 6.42 Å². The molecule has 6 nitrogen and oxygen atoms in total. The van der Waals surface area contributed by atoms with Gasteiger partial charge in [-0.2, -0.15) is 0 Å². The van der Waals surface area contributed by atoms with Crippen molar-refractivity contribution in [2.45, 2.75) is 32.3 Å². The minimum absolute atomic E-state index is 0.0888. The Bertz CT molecular complexity index is 898. The first kappa shape index (κ1) is 19.9. The van der Waals surface area contributed by atoms with E-state index >= 15 is 0 Å². The largest absolute Gasteiger partial charge is 0.508 e. The molecule has 1 heterocycles. The number of aromatic hydroxyl groups is 2. The van der Waals surface area contributed by atoms with Gasteiger partial charge in [-0.1, -0.05) is 11.6 Å². The molecule has 0 fully saturated rings. The van der Waals surface area contributed by atoms with Crippen LogP contribution in [0.5, 0.6) is 28.7 Å². The molecule has 1 aliphatic heterocycles. The van der Waals surface area contributed by atoms with Gasteiger partial charge in [0.05, 0.1) is 38.4 Å². The molecule has 1 aliphatic rings. The minimum atomic E-state index is -0.996. The number of hydrogen-bond acceptors (Lipinski definition) is 6. The maximum absolute atomic E-state index is 11.0. The van der Waals surface area contributed by atoms with Crippen LogP contribution in [0.1, 0.15) is 42.6 Å². The van der Waals surface area contributed by atoms with Crippen LogP contribution in [0.15, 0.2) is 35.9 Å². The monoisotopic (exact) mass is 386 g/mol. The fourth-order valence-electron chi connectivity index (χ4n) is 3.43. The number of benzene rings is 2. The number of hydrogen-bond donors (Lipinski definition) is 3. The first-order valence-corrected chi connectivity index (χ1v) is 9.10. The quantitative estimate of drug-likeness (QED) is 0.677. The fourth-order valence-corrected chi connectivity index (χ4v) is 3.43. The van der Waals surface area contributed by atoms with Crippen molar-refractivity contribution in [2.24, 2.45) is 0 Å². The molecule has 0 saturated carbocycles. The van der Waals surface area contributed by atoms with Gasteiger partial charge >= 0.3 is 0 Å². The van der Waals surface area contributed by atoms with Gasteiger partial charge in [-0.3, -0.25) is 0 Å². The maximum atomic E-state index is 11.0. The lowest BCUT2D eigenvalue weighted by Gasteiger charge is -2.32. The summed E-state index contributed by atoms with van der Waals surface area (Å²) in [5.74, 6) is 0.887. The van der Waals surface area contributed by atoms with Crippen LogP contribution in [0.4, 0.5) is 0 Å². The molecule has 2 atom stereocenters. The summed E-state index contributed by atoms with van der Waals surface area (Å²) in [7, 11) is 3.01. The summed E-state index contributed by atoms with van der Waals surface area (Å²) in [6.07, 6.45) is 1.59. The number of allylic oxidation sites excluding steroid dienone is 2. The molecule has 2 aromatic rings. The maximum Gasteiger partial charge on any atom is 0.132 e. The average molecular weight is 386 g/mol. The Hall–Kier alpha value is -2.86. The van der Waals surface area contributed by atoms with Crippen LogP contribution in [0.2, 0.25) is 0 Å². The van der Waals surface area contributed by atoms with Gasteiger partial charge in [0.15, 0.2) is 0 Å². The van der Waals surface area contributed by atoms with Crippen molar-refractivity contribution in [3.63, 3.8) is 0 Å². The van der Waals surface area contributed by atoms with Crippen LogP contribution < -0.4 is 14.2 Å². The van der Waals surface area contributed by atoms with Crippen LogP contribution in [-0.4, -0.2) is 36.1 Å². The second-order valence-corrected chi connectivity index (χ2v) is 7.13. The number of fused-ring (bicyclic) bond motifs is 1. The van der Waals surface area contributed by atoms with E-state index in [1.54, 1.807) is 12.1 Å². The van der Waals surface area contributed by atoms with Crippen molar-refractivity contribution >= 4 is 0 Å². The van der Waals surface area contributed by atoms with Crippen LogP contribution in [0.25, 0.3) is 0 Å². The van der Waals surface area contributed by atoms with E-state index in [4.69, 9.17) is 14.2 Å². The van der Waals surface area contributed by atoms with E-state index in [1.807, 2.05) is 26.0 Å². The van der Waals surface area contributed by atoms with Crippen molar-refractivity contribution in [3.8, 4) is 28.7 Å².